The molecule has 0 bridgehead atoms. The lowest BCUT2D eigenvalue weighted by Crippen LogP contribution is -2.47. The van der Waals surface area contributed by atoms with E-state index in [0.29, 0.717) is 22.7 Å². The second-order valence-corrected chi connectivity index (χ2v) is 7.58. The van der Waals surface area contributed by atoms with Crippen molar-refractivity contribution >= 4 is 39.0 Å². The second-order valence-electron chi connectivity index (χ2n) is 4.19. The molecule has 100 valence electrons. The summed E-state index contributed by atoms with van der Waals surface area (Å²) in [7, 11) is -2.92. The highest BCUT2D eigenvalue weighted by molar-refractivity contribution is 7.98. The van der Waals surface area contributed by atoms with Crippen LogP contribution in [0.4, 0.5) is 5.82 Å². The number of hydrogen-bond acceptors (Lipinski definition) is 6. The summed E-state index contributed by atoms with van der Waals surface area (Å²) in [5.41, 5.74) is 0. The standard InChI is InChI=1S/C10H14ClN3O2S2/c1-7-6-18(15,16)4-3-14(7)9-5-8(11)12-10(13-9)17-2/h5,7H,3-4,6H2,1-2H3. The minimum atomic E-state index is -2.92. The molecule has 1 aliphatic heterocycles. The van der Waals surface area contributed by atoms with Crippen LogP contribution in [0, 0.1) is 0 Å². The molecule has 0 aromatic carbocycles. The van der Waals surface area contributed by atoms with Crippen LogP contribution in [0.5, 0.6) is 0 Å². The summed E-state index contributed by atoms with van der Waals surface area (Å²) in [5, 5.41) is 0.975. The van der Waals surface area contributed by atoms with Gasteiger partial charge < -0.3 is 4.90 Å². The van der Waals surface area contributed by atoms with Crippen LogP contribution in [0.1, 0.15) is 6.92 Å². The van der Waals surface area contributed by atoms with Crippen molar-refractivity contribution in [3.8, 4) is 0 Å². The van der Waals surface area contributed by atoms with Gasteiger partial charge in [0.25, 0.3) is 0 Å². The van der Waals surface area contributed by atoms with Crippen LogP contribution in [0.2, 0.25) is 5.15 Å². The number of nitrogens with zero attached hydrogens (tertiary/aromatic N) is 3. The zero-order valence-corrected chi connectivity index (χ0v) is 12.5. The van der Waals surface area contributed by atoms with Crippen LogP contribution in [0.15, 0.2) is 11.2 Å². The Balaban J connectivity index is 2.29. The maximum absolute atomic E-state index is 11.5. The second kappa shape index (κ2) is 5.22. The number of sulfone groups is 1. The van der Waals surface area contributed by atoms with E-state index in [0.717, 1.165) is 0 Å². The molecule has 8 heteroatoms. The number of hydrogen-bond donors (Lipinski definition) is 0. The fourth-order valence-electron chi connectivity index (χ4n) is 1.96. The Labute approximate surface area is 116 Å². The smallest absolute Gasteiger partial charge is 0.190 e. The summed E-state index contributed by atoms with van der Waals surface area (Å²) < 4.78 is 23.1. The Kier molecular flexibility index (Phi) is 4.03. The van der Waals surface area contributed by atoms with Gasteiger partial charge in [-0.15, -0.1) is 0 Å². The predicted octanol–water partition coefficient (Wildman–Crippen LogP) is 1.48. The van der Waals surface area contributed by atoms with Gasteiger partial charge in [0.15, 0.2) is 15.0 Å². The van der Waals surface area contributed by atoms with E-state index in [-0.39, 0.29) is 17.5 Å². The van der Waals surface area contributed by atoms with E-state index >= 15 is 0 Å². The molecule has 2 heterocycles. The molecule has 18 heavy (non-hydrogen) atoms. The zero-order chi connectivity index (χ0) is 13.3. The Morgan fingerprint density at radius 3 is 2.83 bits per heavy atom. The summed E-state index contributed by atoms with van der Waals surface area (Å²) in [6, 6.07) is 1.58. The van der Waals surface area contributed by atoms with Crippen molar-refractivity contribution in [2.75, 3.05) is 29.2 Å². The fourth-order valence-corrected chi connectivity index (χ4v) is 4.12. The third kappa shape index (κ3) is 3.07. The van der Waals surface area contributed by atoms with Gasteiger partial charge in [-0.2, -0.15) is 0 Å². The predicted molar refractivity (Wildman–Crippen MR) is 74.3 cm³/mol. The van der Waals surface area contributed by atoms with Gasteiger partial charge in [0.1, 0.15) is 11.0 Å². The molecule has 0 saturated carbocycles. The van der Waals surface area contributed by atoms with Crippen LogP contribution < -0.4 is 4.90 Å². The summed E-state index contributed by atoms with van der Waals surface area (Å²) in [4.78, 5) is 10.4. The molecule has 0 spiro atoms. The molecular weight excluding hydrogens is 294 g/mol. The normalized spacial score (nSPS) is 23.1. The van der Waals surface area contributed by atoms with Crippen molar-refractivity contribution in [1.29, 1.82) is 0 Å². The largest absolute Gasteiger partial charge is 0.352 e. The third-order valence-corrected chi connectivity index (χ3v) is 5.34. The minimum Gasteiger partial charge on any atom is -0.352 e. The van der Waals surface area contributed by atoms with Crippen molar-refractivity contribution < 1.29 is 8.42 Å². The van der Waals surface area contributed by atoms with Crippen LogP contribution in [-0.2, 0) is 9.84 Å². The lowest BCUT2D eigenvalue weighted by atomic mass is 10.3. The molecule has 1 fully saturated rings. The summed E-state index contributed by atoms with van der Waals surface area (Å²) in [6.45, 7) is 2.33. The van der Waals surface area contributed by atoms with E-state index in [9.17, 15) is 8.42 Å². The van der Waals surface area contributed by atoms with Crippen molar-refractivity contribution in [3.05, 3.63) is 11.2 Å². The Morgan fingerprint density at radius 2 is 2.22 bits per heavy atom. The summed E-state index contributed by atoms with van der Waals surface area (Å²) in [6.07, 6.45) is 1.87. The third-order valence-electron chi connectivity index (χ3n) is 2.81. The average molecular weight is 308 g/mol. The molecule has 1 aromatic heterocycles. The summed E-state index contributed by atoms with van der Waals surface area (Å²) >= 11 is 7.35. The number of rotatable bonds is 2. The Hall–Kier alpha value is -0.530. The van der Waals surface area contributed by atoms with Crippen molar-refractivity contribution in [2.45, 2.75) is 18.1 Å². The first-order valence-electron chi connectivity index (χ1n) is 5.47. The Morgan fingerprint density at radius 1 is 1.50 bits per heavy atom. The fraction of sp³-hybridized carbons (Fsp3) is 0.600. The van der Waals surface area contributed by atoms with E-state index < -0.39 is 9.84 Å². The first kappa shape index (κ1) is 13.9. The Bertz CT molecular complexity index is 550. The first-order chi connectivity index (χ1) is 8.41. The van der Waals surface area contributed by atoms with Gasteiger partial charge in [-0.1, -0.05) is 23.4 Å². The van der Waals surface area contributed by atoms with Gasteiger partial charge in [-0.05, 0) is 13.2 Å². The molecule has 1 aliphatic rings. The molecule has 1 unspecified atom stereocenters. The van der Waals surface area contributed by atoms with Crippen LogP contribution in [0.3, 0.4) is 0 Å². The van der Waals surface area contributed by atoms with E-state index in [1.54, 1.807) is 6.07 Å². The lowest BCUT2D eigenvalue weighted by molar-refractivity contribution is 0.566. The highest BCUT2D eigenvalue weighted by Gasteiger charge is 2.29. The van der Waals surface area contributed by atoms with Crippen molar-refractivity contribution in [3.63, 3.8) is 0 Å². The molecule has 0 amide bonds. The molecular formula is C10H14ClN3O2S2. The SMILES string of the molecule is CSc1nc(Cl)cc(N2CCS(=O)(=O)CC2C)n1. The van der Waals surface area contributed by atoms with Gasteiger partial charge in [-0.25, -0.2) is 18.4 Å². The number of aromatic nitrogens is 2. The van der Waals surface area contributed by atoms with Gasteiger partial charge >= 0.3 is 0 Å². The highest BCUT2D eigenvalue weighted by Crippen LogP contribution is 2.24. The van der Waals surface area contributed by atoms with Crippen LogP contribution in [0.25, 0.3) is 0 Å². The van der Waals surface area contributed by atoms with Crippen molar-refractivity contribution in [1.82, 2.24) is 9.97 Å². The monoisotopic (exact) mass is 307 g/mol. The quantitative estimate of drug-likeness (QED) is 0.468. The van der Waals surface area contributed by atoms with Crippen LogP contribution >= 0.6 is 23.4 Å². The van der Waals surface area contributed by atoms with E-state index in [1.165, 1.54) is 11.8 Å². The molecule has 0 aliphatic carbocycles. The van der Waals surface area contributed by atoms with Crippen LogP contribution in [-0.4, -0.2) is 48.7 Å². The minimum absolute atomic E-state index is 0.0931. The van der Waals surface area contributed by atoms with E-state index in [1.807, 2.05) is 18.1 Å². The van der Waals surface area contributed by atoms with Gasteiger partial charge in [-0.3, -0.25) is 0 Å². The molecule has 1 saturated heterocycles. The number of halogens is 1. The first-order valence-corrected chi connectivity index (χ1v) is 8.89. The van der Waals surface area contributed by atoms with Gasteiger partial charge in [0.05, 0.1) is 11.5 Å². The topological polar surface area (TPSA) is 63.2 Å². The molecule has 1 aromatic rings. The van der Waals surface area contributed by atoms with Gasteiger partial charge in [0.2, 0.25) is 0 Å². The molecule has 5 nitrogen and oxygen atoms in total. The van der Waals surface area contributed by atoms with Crippen molar-refractivity contribution in [2.24, 2.45) is 0 Å². The number of anilines is 1. The summed E-state index contributed by atoms with van der Waals surface area (Å²) in [5.74, 6) is 1.01. The van der Waals surface area contributed by atoms with E-state index in [4.69, 9.17) is 11.6 Å². The molecule has 0 radical (unpaired) electrons. The highest BCUT2D eigenvalue weighted by atomic mass is 35.5. The lowest BCUT2D eigenvalue weighted by Gasteiger charge is -2.34. The average Bonchev–Trinajstić information content (AvgIpc) is 2.26. The molecule has 2 rings (SSSR count). The van der Waals surface area contributed by atoms with Gasteiger partial charge in [0, 0.05) is 18.7 Å². The number of thioether (sulfide) groups is 1. The zero-order valence-electron chi connectivity index (χ0n) is 10.1. The van der Waals surface area contributed by atoms with E-state index in [2.05, 4.69) is 9.97 Å². The maximum Gasteiger partial charge on any atom is 0.190 e. The molecule has 1 atom stereocenters. The molecule has 0 N–H and O–H groups in total. The maximum atomic E-state index is 11.5.